The van der Waals surface area contributed by atoms with Crippen LogP contribution >= 0.6 is 12.6 Å². The summed E-state index contributed by atoms with van der Waals surface area (Å²) < 4.78 is 0. The van der Waals surface area contributed by atoms with E-state index in [0.29, 0.717) is 0 Å². The molecule has 0 rings (SSSR count). The highest BCUT2D eigenvalue weighted by Crippen LogP contribution is 2.06. The van der Waals surface area contributed by atoms with E-state index < -0.39 is 5.25 Å². The number of amides is 1. The van der Waals surface area contributed by atoms with Gasteiger partial charge in [-0.2, -0.15) is 12.6 Å². The van der Waals surface area contributed by atoms with E-state index in [1.807, 2.05) is 6.08 Å². The van der Waals surface area contributed by atoms with Crippen LogP contribution in [-0.2, 0) is 9.59 Å². The van der Waals surface area contributed by atoms with Crippen LogP contribution in [0.1, 0.15) is 52.4 Å². The summed E-state index contributed by atoms with van der Waals surface area (Å²) in [6.45, 7) is 3.91. The highest BCUT2D eigenvalue weighted by molar-refractivity contribution is 7.81. The molecule has 0 radical (unpaired) electrons. The Morgan fingerprint density at radius 3 is 2.50 bits per heavy atom. The molecule has 3 nitrogen and oxygen atoms in total. The third-order valence-corrected chi connectivity index (χ3v) is 3.07. The molecule has 0 aliphatic carbocycles. The number of hydrogen-bond donors (Lipinski definition) is 2. The predicted octanol–water partition coefficient (Wildman–Crippen LogP) is 2.91. The summed E-state index contributed by atoms with van der Waals surface area (Å²) in [5, 5.41) is 2.14. The number of ketones is 1. The topological polar surface area (TPSA) is 46.2 Å². The molecule has 0 aromatic carbocycles. The molecule has 0 spiro atoms. The molecule has 0 aromatic heterocycles. The molecule has 1 unspecified atom stereocenters. The van der Waals surface area contributed by atoms with Gasteiger partial charge in [0, 0.05) is 13.5 Å². The molecule has 0 aliphatic rings. The Kier molecular flexibility index (Phi) is 10.8. The van der Waals surface area contributed by atoms with Crippen molar-refractivity contribution in [1.29, 1.82) is 0 Å². The Bertz CT molecular complexity index is 277. The lowest BCUT2D eigenvalue weighted by atomic mass is 10.1. The van der Waals surface area contributed by atoms with Gasteiger partial charge in [-0.15, -0.1) is 0 Å². The normalized spacial score (nSPS) is 12.6. The van der Waals surface area contributed by atoms with E-state index in [4.69, 9.17) is 0 Å². The molecule has 0 saturated carbocycles. The molecule has 18 heavy (non-hydrogen) atoms. The standard InChI is InChI=1S/C14H25NO2S/c1-3-4-5-6-7-8-9-10-13(17)14(18)11-15-12(2)16/h9-10,14,18H,3-8,11H2,1-2H3,(H,15,16). The maximum atomic E-state index is 11.6. The van der Waals surface area contributed by atoms with Crippen LogP contribution in [0.15, 0.2) is 12.2 Å². The van der Waals surface area contributed by atoms with E-state index in [2.05, 4.69) is 24.9 Å². The van der Waals surface area contributed by atoms with E-state index >= 15 is 0 Å². The van der Waals surface area contributed by atoms with Crippen molar-refractivity contribution in [2.24, 2.45) is 0 Å². The second-order valence-corrected chi connectivity index (χ2v) is 5.08. The molecule has 0 bridgehead atoms. The zero-order chi connectivity index (χ0) is 13.8. The van der Waals surface area contributed by atoms with Gasteiger partial charge in [0.05, 0.1) is 5.25 Å². The smallest absolute Gasteiger partial charge is 0.216 e. The molecule has 4 heteroatoms. The summed E-state index contributed by atoms with van der Waals surface area (Å²) in [5.74, 6) is -0.178. The van der Waals surface area contributed by atoms with Gasteiger partial charge in [-0.05, 0) is 18.9 Å². The Morgan fingerprint density at radius 1 is 1.22 bits per heavy atom. The maximum Gasteiger partial charge on any atom is 0.216 e. The quantitative estimate of drug-likeness (QED) is 0.364. The minimum Gasteiger partial charge on any atom is -0.355 e. The molecular formula is C14H25NO2S. The third kappa shape index (κ3) is 10.4. The SMILES string of the molecule is CCCCCCCC=CC(=O)C(S)CNC(C)=O. The summed E-state index contributed by atoms with van der Waals surface area (Å²) in [7, 11) is 0. The van der Waals surface area contributed by atoms with Gasteiger partial charge in [0.15, 0.2) is 5.78 Å². The van der Waals surface area contributed by atoms with Gasteiger partial charge in [-0.3, -0.25) is 9.59 Å². The maximum absolute atomic E-state index is 11.6. The number of unbranched alkanes of at least 4 members (excludes halogenated alkanes) is 5. The number of nitrogens with one attached hydrogen (secondary N) is 1. The minimum absolute atomic E-state index is 0.0411. The van der Waals surface area contributed by atoms with Crippen LogP contribution in [-0.4, -0.2) is 23.5 Å². The first-order valence-electron chi connectivity index (χ1n) is 6.70. The summed E-state index contributed by atoms with van der Waals surface area (Å²) in [5.41, 5.74) is 0. The average Bonchev–Trinajstić information content (AvgIpc) is 2.34. The fraction of sp³-hybridized carbons (Fsp3) is 0.714. The molecule has 0 heterocycles. The molecule has 0 fully saturated rings. The third-order valence-electron chi connectivity index (χ3n) is 2.63. The first-order chi connectivity index (χ1) is 8.57. The van der Waals surface area contributed by atoms with Gasteiger partial charge in [-0.25, -0.2) is 0 Å². The van der Waals surface area contributed by atoms with Crippen LogP contribution in [0.5, 0.6) is 0 Å². The number of carbonyl (C=O) groups excluding carboxylic acids is 2. The Hall–Kier alpha value is -0.770. The Labute approximate surface area is 116 Å². The average molecular weight is 271 g/mol. The van der Waals surface area contributed by atoms with Gasteiger partial charge < -0.3 is 5.32 Å². The van der Waals surface area contributed by atoms with Crippen LogP contribution < -0.4 is 5.32 Å². The molecule has 104 valence electrons. The van der Waals surface area contributed by atoms with Crippen molar-refractivity contribution in [2.75, 3.05) is 6.54 Å². The summed E-state index contributed by atoms with van der Waals surface area (Å²) in [6.07, 6.45) is 10.6. The second kappa shape index (κ2) is 11.3. The molecular weight excluding hydrogens is 246 g/mol. The zero-order valence-corrected chi connectivity index (χ0v) is 12.3. The Morgan fingerprint density at radius 2 is 1.89 bits per heavy atom. The van der Waals surface area contributed by atoms with Crippen LogP contribution in [0.3, 0.4) is 0 Å². The highest BCUT2D eigenvalue weighted by atomic mass is 32.1. The van der Waals surface area contributed by atoms with Gasteiger partial charge in [0.1, 0.15) is 0 Å². The van der Waals surface area contributed by atoms with Crippen molar-refractivity contribution >= 4 is 24.3 Å². The van der Waals surface area contributed by atoms with Gasteiger partial charge in [0.2, 0.25) is 5.91 Å². The lowest BCUT2D eigenvalue weighted by molar-refractivity contribution is -0.119. The fourth-order valence-corrected chi connectivity index (χ4v) is 1.69. The zero-order valence-electron chi connectivity index (χ0n) is 11.4. The van der Waals surface area contributed by atoms with Crippen molar-refractivity contribution in [3.63, 3.8) is 0 Å². The van der Waals surface area contributed by atoms with E-state index in [1.54, 1.807) is 6.08 Å². The Balaban J connectivity index is 3.63. The van der Waals surface area contributed by atoms with Crippen molar-refractivity contribution < 1.29 is 9.59 Å². The first-order valence-corrected chi connectivity index (χ1v) is 7.22. The van der Waals surface area contributed by atoms with Gasteiger partial charge in [-0.1, -0.05) is 38.7 Å². The lowest BCUT2D eigenvalue weighted by Crippen LogP contribution is -2.31. The molecule has 0 aliphatic heterocycles. The summed E-state index contributed by atoms with van der Waals surface area (Å²) in [6, 6.07) is 0. The number of carbonyl (C=O) groups is 2. The van der Waals surface area contributed by atoms with Crippen LogP contribution in [0.25, 0.3) is 0 Å². The molecule has 1 N–H and O–H groups in total. The minimum atomic E-state index is -0.440. The van der Waals surface area contributed by atoms with E-state index in [1.165, 1.54) is 32.6 Å². The predicted molar refractivity (Wildman–Crippen MR) is 79.0 cm³/mol. The first kappa shape index (κ1) is 17.2. The molecule has 1 atom stereocenters. The molecule has 1 amide bonds. The van der Waals surface area contributed by atoms with E-state index in [-0.39, 0.29) is 18.2 Å². The summed E-state index contributed by atoms with van der Waals surface area (Å²) >= 11 is 4.16. The second-order valence-electron chi connectivity index (χ2n) is 4.46. The van der Waals surface area contributed by atoms with Crippen LogP contribution in [0.2, 0.25) is 0 Å². The van der Waals surface area contributed by atoms with Gasteiger partial charge >= 0.3 is 0 Å². The summed E-state index contributed by atoms with van der Waals surface area (Å²) in [4.78, 5) is 22.3. The van der Waals surface area contributed by atoms with Crippen molar-refractivity contribution in [3.8, 4) is 0 Å². The number of allylic oxidation sites excluding steroid dienone is 2. The van der Waals surface area contributed by atoms with Crippen molar-refractivity contribution in [1.82, 2.24) is 5.32 Å². The fourth-order valence-electron chi connectivity index (χ4n) is 1.52. The van der Waals surface area contributed by atoms with E-state index in [0.717, 1.165) is 12.8 Å². The monoisotopic (exact) mass is 271 g/mol. The molecule has 0 saturated heterocycles. The van der Waals surface area contributed by atoms with E-state index in [9.17, 15) is 9.59 Å². The molecule has 0 aromatic rings. The van der Waals surface area contributed by atoms with Crippen LogP contribution in [0, 0.1) is 0 Å². The number of rotatable bonds is 10. The number of thiol groups is 1. The number of hydrogen-bond acceptors (Lipinski definition) is 3. The van der Waals surface area contributed by atoms with Crippen molar-refractivity contribution in [2.45, 2.75) is 57.6 Å². The van der Waals surface area contributed by atoms with Crippen LogP contribution in [0.4, 0.5) is 0 Å². The van der Waals surface area contributed by atoms with Crippen molar-refractivity contribution in [3.05, 3.63) is 12.2 Å². The van der Waals surface area contributed by atoms with Gasteiger partial charge in [0.25, 0.3) is 0 Å². The highest BCUT2D eigenvalue weighted by Gasteiger charge is 2.10. The lowest BCUT2D eigenvalue weighted by Gasteiger charge is -2.06. The largest absolute Gasteiger partial charge is 0.355 e.